The lowest BCUT2D eigenvalue weighted by molar-refractivity contribution is -0.138. The molecule has 0 spiro atoms. The molecule has 2 aliphatic heterocycles. The van der Waals surface area contributed by atoms with E-state index in [9.17, 15) is 14.4 Å². The average molecular weight is 462 g/mol. The van der Waals surface area contributed by atoms with Crippen molar-refractivity contribution >= 4 is 28.9 Å². The Balaban J connectivity index is 1.37. The minimum absolute atomic E-state index is 0.0376. The summed E-state index contributed by atoms with van der Waals surface area (Å²) >= 11 is 1.38. The molecule has 0 saturated carbocycles. The molecule has 3 unspecified atom stereocenters. The van der Waals surface area contributed by atoms with E-state index in [1.807, 2.05) is 60.7 Å². The average Bonchev–Trinajstić information content (AvgIpc) is 3.58. The third-order valence-electron chi connectivity index (χ3n) is 6.04. The normalized spacial score (nSPS) is 20.5. The summed E-state index contributed by atoms with van der Waals surface area (Å²) in [5, 5.41) is 5.31. The van der Waals surface area contributed by atoms with Gasteiger partial charge in [-0.25, -0.2) is 4.98 Å². The minimum atomic E-state index is -0.811. The van der Waals surface area contributed by atoms with Crippen LogP contribution in [0.2, 0.25) is 0 Å². The zero-order chi connectivity index (χ0) is 22.8. The van der Waals surface area contributed by atoms with Crippen LogP contribution in [0.4, 0.5) is 0 Å². The van der Waals surface area contributed by atoms with Gasteiger partial charge < -0.3 is 15.0 Å². The van der Waals surface area contributed by atoms with Crippen LogP contribution in [0, 0.1) is 0 Å². The number of rotatable bonds is 6. The van der Waals surface area contributed by atoms with Crippen molar-refractivity contribution in [2.45, 2.75) is 31.0 Å². The van der Waals surface area contributed by atoms with Gasteiger partial charge in [0.2, 0.25) is 5.91 Å². The number of thiazole rings is 1. The number of ketones is 1. The third kappa shape index (κ3) is 4.44. The van der Waals surface area contributed by atoms with Crippen molar-refractivity contribution in [2.24, 2.45) is 0 Å². The van der Waals surface area contributed by atoms with Crippen molar-refractivity contribution in [3.8, 4) is 10.6 Å². The fourth-order valence-electron chi connectivity index (χ4n) is 4.42. The highest BCUT2D eigenvalue weighted by atomic mass is 32.1. The third-order valence-corrected chi connectivity index (χ3v) is 6.93. The molecular weight excluding hydrogens is 438 g/mol. The first-order valence-corrected chi connectivity index (χ1v) is 11.8. The molecule has 2 fully saturated rings. The SMILES string of the molecule is O=C(NC(Cc1ccccc1)C(=O)N1CCC2OCC(=O)C21)c1csc(-c2ccccc2)n1. The maximum atomic E-state index is 13.5. The summed E-state index contributed by atoms with van der Waals surface area (Å²) in [6, 6.07) is 17.8. The molecule has 3 atom stereocenters. The Kier molecular flexibility index (Phi) is 6.02. The van der Waals surface area contributed by atoms with E-state index in [4.69, 9.17) is 4.74 Å². The topological polar surface area (TPSA) is 88.6 Å². The van der Waals surface area contributed by atoms with Gasteiger partial charge in [-0.05, 0) is 12.0 Å². The number of amides is 2. The van der Waals surface area contributed by atoms with Crippen LogP contribution in [0.5, 0.6) is 0 Å². The predicted octanol–water partition coefficient (Wildman–Crippen LogP) is 2.72. The molecule has 1 N–H and O–H groups in total. The number of hydrogen-bond donors (Lipinski definition) is 1. The monoisotopic (exact) mass is 461 g/mol. The number of carbonyl (C=O) groups excluding carboxylic acids is 3. The maximum Gasteiger partial charge on any atom is 0.271 e. The van der Waals surface area contributed by atoms with Gasteiger partial charge in [-0.2, -0.15) is 0 Å². The van der Waals surface area contributed by atoms with E-state index < -0.39 is 18.0 Å². The van der Waals surface area contributed by atoms with Crippen LogP contribution in [-0.4, -0.2) is 58.8 Å². The number of Topliss-reactive ketones (excluding diaryl/α,β-unsaturated/α-hetero) is 1. The van der Waals surface area contributed by atoms with Crippen molar-refractivity contribution < 1.29 is 19.1 Å². The number of hydrogen-bond acceptors (Lipinski definition) is 6. The zero-order valence-corrected chi connectivity index (χ0v) is 18.7. The molecule has 33 heavy (non-hydrogen) atoms. The summed E-state index contributed by atoms with van der Waals surface area (Å²) in [6.07, 6.45) is 0.700. The van der Waals surface area contributed by atoms with Crippen LogP contribution in [0.1, 0.15) is 22.5 Å². The lowest BCUT2D eigenvalue weighted by Crippen LogP contribution is -2.53. The number of carbonyl (C=O) groups is 3. The predicted molar refractivity (Wildman–Crippen MR) is 124 cm³/mol. The van der Waals surface area contributed by atoms with Crippen LogP contribution < -0.4 is 5.32 Å². The Bertz CT molecular complexity index is 1160. The Hall–Kier alpha value is -3.36. The Morgan fingerprint density at radius 1 is 1.12 bits per heavy atom. The first-order chi connectivity index (χ1) is 16.1. The van der Waals surface area contributed by atoms with E-state index in [0.29, 0.717) is 19.4 Å². The highest BCUT2D eigenvalue weighted by Gasteiger charge is 2.48. The van der Waals surface area contributed by atoms with Gasteiger partial charge >= 0.3 is 0 Å². The number of likely N-dealkylation sites (tertiary alicyclic amines) is 1. The van der Waals surface area contributed by atoms with Crippen molar-refractivity contribution in [1.29, 1.82) is 0 Å². The van der Waals surface area contributed by atoms with Crippen LogP contribution in [0.3, 0.4) is 0 Å². The van der Waals surface area contributed by atoms with Crippen LogP contribution in [-0.2, 0) is 20.7 Å². The van der Waals surface area contributed by atoms with Gasteiger partial charge in [-0.15, -0.1) is 11.3 Å². The molecule has 1 aromatic heterocycles. The van der Waals surface area contributed by atoms with E-state index in [-0.39, 0.29) is 30.1 Å². The maximum absolute atomic E-state index is 13.5. The van der Waals surface area contributed by atoms with Crippen molar-refractivity contribution in [3.63, 3.8) is 0 Å². The standard InChI is InChI=1S/C25H23N3O4S/c29-20-14-32-21-11-12-28(22(20)21)25(31)18(13-16-7-3-1-4-8-16)26-23(30)19-15-33-24(27-19)17-9-5-2-6-10-17/h1-10,15,18,21-22H,11-14H2,(H,26,30). The van der Waals surface area contributed by atoms with Crippen LogP contribution in [0.25, 0.3) is 10.6 Å². The number of aromatic nitrogens is 1. The second-order valence-electron chi connectivity index (χ2n) is 8.20. The molecule has 168 valence electrons. The summed E-state index contributed by atoms with van der Waals surface area (Å²) in [6.45, 7) is 0.478. The van der Waals surface area contributed by atoms with E-state index in [2.05, 4.69) is 10.3 Å². The van der Waals surface area contributed by atoms with Gasteiger partial charge in [-0.3, -0.25) is 14.4 Å². The van der Waals surface area contributed by atoms with Gasteiger partial charge in [0.05, 0.1) is 6.10 Å². The number of nitrogens with one attached hydrogen (secondary N) is 1. The first-order valence-electron chi connectivity index (χ1n) is 10.9. The molecule has 0 aliphatic carbocycles. The second-order valence-corrected chi connectivity index (χ2v) is 9.06. The molecule has 0 bridgehead atoms. The molecule has 2 saturated heterocycles. The minimum Gasteiger partial charge on any atom is -0.368 e. The van der Waals surface area contributed by atoms with E-state index in [1.165, 1.54) is 11.3 Å². The fraction of sp³-hybridized carbons (Fsp3) is 0.280. The summed E-state index contributed by atoms with van der Waals surface area (Å²) in [7, 11) is 0. The number of fused-ring (bicyclic) bond motifs is 1. The van der Waals surface area contributed by atoms with E-state index in [0.717, 1.165) is 16.1 Å². The molecule has 0 radical (unpaired) electrons. The van der Waals surface area contributed by atoms with Crippen molar-refractivity contribution in [1.82, 2.24) is 15.2 Å². The number of ether oxygens (including phenoxy) is 1. The lowest BCUT2D eigenvalue weighted by Gasteiger charge is -2.27. The van der Waals surface area contributed by atoms with Crippen LogP contribution >= 0.6 is 11.3 Å². The summed E-state index contributed by atoms with van der Waals surface area (Å²) in [4.78, 5) is 45.0. The van der Waals surface area contributed by atoms with Crippen molar-refractivity contribution in [3.05, 3.63) is 77.3 Å². The molecular formula is C25H23N3O4S. The quantitative estimate of drug-likeness (QED) is 0.610. The van der Waals surface area contributed by atoms with E-state index in [1.54, 1.807) is 10.3 Å². The highest BCUT2D eigenvalue weighted by Crippen LogP contribution is 2.28. The van der Waals surface area contributed by atoms with Gasteiger partial charge in [0.1, 0.15) is 29.4 Å². The highest BCUT2D eigenvalue weighted by molar-refractivity contribution is 7.13. The van der Waals surface area contributed by atoms with Gasteiger partial charge in [0, 0.05) is 23.9 Å². The van der Waals surface area contributed by atoms with Crippen molar-refractivity contribution in [2.75, 3.05) is 13.2 Å². The molecule has 8 heteroatoms. The number of benzene rings is 2. The molecule has 3 aromatic rings. The zero-order valence-electron chi connectivity index (χ0n) is 17.8. The van der Waals surface area contributed by atoms with Gasteiger partial charge in [-0.1, -0.05) is 60.7 Å². The fourth-order valence-corrected chi connectivity index (χ4v) is 5.22. The van der Waals surface area contributed by atoms with E-state index >= 15 is 0 Å². The number of nitrogens with zero attached hydrogens (tertiary/aromatic N) is 2. The smallest absolute Gasteiger partial charge is 0.271 e. The Labute approximate surface area is 195 Å². The molecule has 7 nitrogen and oxygen atoms in total. The Morgan fingerprint density at radius 3 is 2.61 bits per heavy atom. The Morgan fingerprint density at radius 2 is 1.85 bits per heavy atom. The van der Waals surface area contributed by atoms with Gasteiger partial charge in [0.15, 0.2) is 5.78 Å². The molecule has 2 aromatic carbocycles. The second kappa shape index (κ2) is 9.25. The summed E-state index contributed by atoms with van der Waals surface area (Å²) < 4.78 is 5.52. The van der Waals surface area contributed by atoms with Crippen LogP contribution in [0.15, 0.2) is 66.0 Å². The molecule has 2 amide bonds. The molecule has 2 aliphatic rings. The summed E-state index contributed by atoms with van der Waals surface area (Å²) in [5.74, 6) is -0.757. The van der Waals surface area contributed by atoms with Gasteiger partial charge in [0.25, 0.3) is 5.91 Å². The first kappa shape index (κ1) is 21.5. The molecule has 3 heterocycles. The lowest BCUT2D eigenvalue weighted by atomic mass is 10.0. The summed E-state index contributed by atoms with van der Waals surface area (Å²) in [5.41, 5.74) is 2.12. The largest absolute Gasteiger partial charge is 0.368 e. The molecule has 5 rings (SSSR count).